The number of aromatic carboxylic acids is 1. The number of nitrogens with one attached hydrogen (secondary N) is 1. The second-order valence-electron chi connectivity index (χ2n) is 3.26. The molecule has 0 bridgehead atoms. The zero-order chi connectivity index (χ0) is 11.7. The maximum absolute atomic E-state index is 10.8. The summed E-state index contributed by atoms with van der Waals surface area (Å²) in [5.41, 5.74) is 1.31. The summed E-state index contributed by atoms with van der Waals surface area (Å²) in [5.74, 6) is -0.536. The van der Waals surface area contributed by atoms with Crippen LogP contribution in [0.1, 0.15) is 16.2 Å². The fraction of sp³-hybridized carbons (Fsp3) is 0.100. The average Bonchev–Trinajstić information content (AvgIpc) is 2.60. The summed E-state index contributed by atoms with van der Waals surface area (Å²) in [5, 5.41) is 8.87. The smallest absolute Gasteiger partial charge is 0.356 e. The molecule has 0 amide bonds. The van der Waals surface area contributed by atoms with E-state index in [0.29, 0.717) is 11.5 Å². The molecule has 5 nitrogen and oxygen atoms in total. The van der Waals surface area contributed by atoms with Gasteiger partial charge in [-0.2, -0.15) is 0 Å². The quantitative estimate of drug-likeness (QED) is 0.885. The first-order chi connectivity index (χ1) is 7.58. The normalized spacial score (nSPS) is 10.4. The number of H-pyrrole nitrogens is 1. The maximum Gasteiger partial charge on any atom is 0.356 e. The number of nitrogens with zero attached hydrogens (tertiary/aromatic N) is 2. The van der Waals surface area contributed by atoms with Crippen LogP contribution < -0.4 is 0 Å². The van der Waals surface area contributed by atoms with Crippen molar-refractivity contribution in [3.05, 3.63) is 34.3 Å². The van der Waals surface area contributed by atoms with Crippen molar-refractivity contribution in [2.75, 3.05) is 0 Å². The van der Waals surface area contributed by atoms with E-state index in [-0.39, 0.29) is 5.69 Å². The first-order valence-corrected chi connectivity index (χ1v) is 5.28. The van der Waals surface area contributed by atoms with E-state index in [1.807, 2.05) is 6.07 Å². The number of carboxylic acid groups (broad SMARTS) is 1. The van der Waals surface area contributed by atoms with Gasteiger partial charge in [0.2, 0.25) is 0 Å². The molecule has 2 aromatic heterocycles. The Morgan fingerprint density at radius 1 is 1.50 bits per heavy atom. The number of aromatic amines is 1. The van der Waals surface area contributed by atoms with Gasteiger partial charge in [-0.25, -0.2) is 9.78 Å². The van der Waals surface area contributed by atoms with Gasteiger partial charge in [0.25, 0.3) is 0 Å². The van der Waals surface area contributed by atoms with Gasteiger partial charge in [0.1, 0.15) is 5.82 Å². The highest BCUT2D eigenvalue weighted by Gasteiger charge is 2.14. The molecule has 0 aromatic carbocycles. The van der Waals surface area contributed by atoms with E-state index in [0.717, 1.165) is 10.0 Å². The van der Waals surface area contributed by atoms with Gasteiger partial charge in [-0.15, -0.1) is 0 Å². The molecule has 6 heteroatoms. The lowest BCUT2D eigenvalue weighted by Crippen LogP contribution is -1.98. The van der Waals surface area contributed by atoms with Crippen LogP contribution in [0.25, 0.3) is 11.4 Å². The third-order valence-electron chi connectivity index (χ3n) is 2.07. The van der Waals surface area contributed by atoms with Gasteiger partial charge < -0.3 is 10.1 Å². The predicted molar refractivity (Wildman–Crippen MR) is 61.2 cm³/mol. The second kappa shape index (κ2) is 4.05. The van der Waals surface area contributed by atoms with E-state index in [1.54, 1.807) is 19.3 Å². The number of carboxylic acids is 1. The molecule has 2 N–H and O–H groups in total. The highest BCUT2D eigenvalue weighted by Crippen LogP contribution is 2.20. The third-order valence-corrected chi connectivity index (χ3v) is 2.50. The molecule has 0 saturated heterocycles. The van der Waals surface area contributed by atoms with Crippen LogP contribution in [0.4, 0.5) is 0 Å². The van der Waals surface area contributed by atoms with Crippen LogP contribution in [0.3, 0.4) is 0 Å². The number of carbonyl (C=O) groups is 1. The van der Waals surface area contributed by atoms with E-state index < -0.39 is 5.97 Å². The third kappa shape index (κ3) is 1.96. The van der Waals surface area contributed by atoms with Crippen molar-refractivity contribution < 1.29 is 9.90 Å². The Morgan fingerprint density at radius 3 is 2.81 bits per heavy atom. The Hall–Kier alpha value is -1.69. The van der Waals surface area contributed by atoms with Crippen LogP contribution in [0.15, 0.2) is 22.9 Å². The molecule has 82 valence electrons. The van der Waals surface area contributed by atoms with E-state index in [1.165, 1.54) is 0 Å². The molecule has 16 heavy (non-hydrogen) atoms. The first-order valence-electron chi connectivity index (χ1n) is 4.49. The van der Waals surface area contributed by atoms with Gasteiger partial charge in [-0.1, -0.05) is 0 Å². The molecule has 0 fully saturated rings. The number of pyridine rings is 1. The largest absolute Gasteiger partial charge is 0.476 e. The van der Waals surface area contributed by atoms with Crippen molar-refractivity contribution in [3.8, 4) is 11.4 Å². The van der Waals surface area contributed by atoms with Crippen LogP contribution in [-0.4, -0.2) is 26.0 Å². The first kappa shape index (κ1) is 10.8. The number of halogens is 1. The van der Waals surface area contributed by atoms with Crippen molar-refractivity contribution in [2.24, 2.45) is 0 Å². The van der Waals surface area contributed by atoms with Crippen LogP contribution in [0, 0.1) is 6.92 Å². The molecule has 0 saturated carbocycles. The minimum absolute atomic E-state index is 0.0370. The van der Waals surface area contributed by atoms with Crippen LogP contribution in [0.2, 0.25) is 0 Å². The van der Waals surface area contributed by atoms with E-state index in [4.69, 9.17) is 5.11 Å². The van der Waals surface area contributed by atoms with E-state index >= 15 is 0 Å². The Morgan fingerprint density at radius 2 is 2.25 bits per heavy atom. The molecule has 0 atom stereocenters. The molecule has 0 aliphatic heterocycles. The topological polar surface area (TPSA) is 78.9 Å². The molecule has 0 aliphatic rings. The SMILES string of the molecule is Cc1[nH]c(-c2cncc(Br)c2)nc1C(=O)O. The average molecular weight is 282 g/mol. The number of rotatable bonds is 2. The van der Waals surface area contributed by atoms with Gasteiger partial charge in [-0.05, 0) is 28.9 Å². The van der Waals surface area contributed by atoms with Crippen LogP contribution in [0.5, 0.6) is 0 Å². The summed E-state index contributed by atoms with van der Waals surface area (Å²) in [7, 11) is 0. The molecule has 2 aromatic rings. The Balaban J connectivity index is 2.49. The summed E-state index contributed by atoms with van der Waals surface area (Å²) < 4.78 is 0.816. The molecule has 0 spiro atoms. The Labute approximate surface area is 99.7 Å². The van der Waals surface area contributed by atoms with Gasteiger partial charge in [0.15, 0.2) is 5.69 Å². The minimum atomic E-state index is -1.04. The summed E-state index contributed by atoms with van der Waals surface area (Å²) in [6.07, 6.45) is 3.27. The molecule has 2 rings (SSSR count). The monoisotopic (exact) mass is 281 g/mol. The van der Waals surface area contributed by atoms with Crippen molar-refractivity contribution in [1.82, 2.24) is 15.0 Å². The fourth-order valence-corrected chi connectivity index (χ4v) is 1.71. The van der Waals surface area contributed by atoms with Crippen LogP contribution in [-0.2, 0) is 0 Å². The lowest BCUT2D eigenvalue weighted by Gasteiger charge is -1.95. The van der Waals surface area contributed by atoms with Gasteiger partial charge in [0, 0.05) is 28.1 Å². The van der Waals surface area contributed by atoms with Crippen molar-refractivity contribution in [1.29, 1.82) is 0 Å². The summed E-state index contributed by atoms with van der Waals surface area (Å²) >= 11 is 3.29. The maximum atomic E-state index is 10.8. The van der Waals surface area contributed by atoms with Crippen LogP contribution >= 0.6 is 15.9 Å². The Kier molecular flexibility index (Phi) is 2.74. The lowest BCUT2D eigenvalue weighted by molar-refractivity contribution is 0.0690. The number of hydrogen-bond acceptors (Lipinski definition) is 3. The van der Waals surface area contributed by atoms with Gasteiger partial charge in [0.05, 0.1) is 0 Å². The second-order valence-corrected chi connectivity index (χ2v) is 4.17. The van der Waals surface area contributed by atoms with Crippen molar-refractivity contribution in [3.63, 3.8) is 0 Å². The number of aryl methyl sites for hydroxylation is 1. The van der Waals surface area contributed by atoms with Gasteiger partial charge in [-0.3, -0.25) is 4.98 Å². The predicted octanol–water partition coefficient (Wildman–Crippen LogP) is 2.24. The van der Waals surface area contributed by atoms with E-state index in [9.17, 15) is 4.79 Å². The molecule has 0 radical (unpaired) electrons. The molecule has 0 unspecified atom stereocenters. The lowest BCUT2D eigenvalue weighted by atomic mass is 10.3. The van der Waals surface area contributed by atoms with E-state index in [2.05, 4.69) is 30.9 Å². The highest BCUT2D eigenvalue weighted by molar-refractivity contribution is 9.10. The molecular formula is C10H8BrN3O2. The molecular weight excluding hydrogens is 274 g/mol. The highest BCUT2D eigenvalue weighted by atomic mass is 79.9. The van der Waals surface area contributed by atoms with Crippen molar-refractivity contribution >= 4 is 21.9 Å². The number of imidazole rings is 1. The number of aromatic nitrogens is 3. The standard InChI is InChI=1S/C10H8BrN3O2/c1-5-8(10(15)16)14-9(13-5)6-2-7(11)4-12-3-6/h2-4H,1H3,(H,13,14)(H,15,16). The zero-order valence-electron chi connectivity index (χ0n) is 8.36. The summed E-state index contributed by atoms with van der Waals surface area (Å²) in [6.45, 7) is 1.67. The van der Waals surface area contributed by atoms with Crippen molar-refractivity contribution in [2.45, 2.75) is 6.92 Å². The van der Waals surface area contributed by atoms with Gasteiger partial charge >= 0.3 is 5.97 Å². The molecule has 2 heterocycles. The number of hydrogen-bond donors (Lipinski definition) is 2. The minimum Gasteiger partial charge on any atom is -0.476 e. The summed E-state index contributed by atoms with van der Waals surface area (Å²) in [4.78, 5) is 21.7. The fourth-order valence-electron chi connectivity index (χ4n) is 1.35. The zero-order valence-corrected chi connectivity index (χ0v) is 9.95. The molecule has 0 aliphatic carbocycles. The Bertz CT molecular complexity index is 551. The summed E-state index contributed by atoms with van der Waals surface area (Å²) in [6, 6.07) is 1.82.